The molecule has 4 heteroatoms. The maximum atomic E-state index is 11.9. The first kappa shape index (κ1) is 11.4. The summed E-state index contributed by atoms with van der Waals surface area (Å²) in [6.45, 7) is 0.129. The minimum Gasteiger partial charge on any atom is -0.396 e. The van der Waals surface area contributed by atoms with E-state index in [1.165, 1.54) is 0 Å². The highest BCUT2D eigenvalue weighted by atomic mass is 16.3. The Morgan fingerprint density at radius 1 is 1.44 bits per heavy atom. The molecule has 16 heavy (non-hydrogen) atoms. The van der Waals surface area contributed by atoms with Crippen molar-refractivity contribution in [2.75, 3.05) is 6.61 Å². The summed E-state index contributed by atoms with van der Waals surface area (Å²) >= 11 is 0. The average Bonchev–Trinajstić information content (AvgIpc) is 3.10. The van der Waals surface area contributed by atoms with Crippen LogP contribution in [-0.4, -0.2) is 23.7 Å². The molecule has 0 aliphatic heterocycles. The molecule has 0 aromatic carbocycles. The van der Waals surface area contributed by atoms with Crippen molar-refractivity contribution in [1.29, 1.82) is 5.26 Å². The summed E-state index contributed by atoms with van der Waals surface area (Å²) in [5, 5.41) is 21.1. The van der Waals surface area contributed by atoms with E-state index in [9.17, 15) is 9.90 Å². The molecule has 2 fully saturated rings. The lowest BCUT2D eigenvalue weighted by Crippen LogP contribution is -2.46. The van der Waals surface area contributed by atoms with Crippen LogP contribution in [0.4, 0.5) is 0 Å². The van der Waals surface area contributed by atoms with Gasteiger partial charge in [0.2, 0.25) is 5.91 Å². The van der Waals surface area contributed by atoms with Crippen LogP contribution in [-0.2, 0) is 4.79 Å². The van der Waals surface area contributed by atoms with E-state index in [1.54, 1.807) is 0 Å². The highest BCUT2D eigenvalue weighted by Gasteiger charge is 2.51. The van der Waals surface area contributed by atoms with E-state index < -0.39 is 5.41 Å². The van der Waals surface area contributed by atoms with Gasteiger partial charge in [0.1, 0.15) is 5.41 Å². The number of carbonyl (C=O) groups is 1. The van der Waals surface area contributed by atoms with Crippen LogP contribution < -0.4 is 5.32 Å². The first-order valence-corrected chi connectivity index (χ1v) is 6.05. The Balaban J connectivity index is 1.93. The van der Waals surface area contributed by atoms with Gasteiger partial charge >= 0.3 is 0 Å². The Kier molecular flexibility index (Phi) is 3.15. The van der Waals surface area contributed by atoms with Crippen LogP contribution in [0.2, 0.25) is 0 Å². The quantitative estimate of drug-likeness (QED) is 0.747. The van der Waals surface area contributed by atoms with Gasteiger partial charge in [-0.05, 0) is 25.7 Å². The maximum absolute atomic E-state index is 11.9. The minimum atomic E-state index is -0.739. The molecule has 4 nitrogen and oxygen atoms in total. The zero-order chi connectivity index (χ0) is 11.6. The van der Waals surface area contributed by atoms with Crippen molar-refractivity contribution < 1.29 is 9.90 Å². The summed E-state index contributed by atoms with van der Waals surface area (Å²) in [5.41, 5.74) is -0.739. The first-order valence-electron chi connectivity index (χ1n) is 6.05. The lowest BCUT2D eigenvalue weighted by Gasteiger charge is -2.31. The highest BCUT2D eigenvalue weighted by Crippen LogP contribution is 2.45. The smallest absolute Gasteiger partial charge is 0.240 e. The molecular formula is C12H18N2O2. The van der Waals surface area contributed by atoms with Gasteiger partial charge in [0.25, 0.3) is 0 Å². The molecule has 0 aromatic rings. The lowest BCUT2D eigenvalue weighted by molar-refractivity contribution is -0.125. The van der Waals surface area contributed by atoms with Gasteiger partial charge < -0.3 is 10.4 Å². The number of hydrogen-bond donors (Lipinski definition) is 2. The van der Waals surface area contributed by atoms with Gasteiger partial charge in [-0.25, -0.2) is 0 Å². The van der Waals surface area contributed by atoms with Crippen LogP contribution in [0, 0.1) is 22.7 Å². The van der Waals surface area contributed by atoms with Crippen LogP contribution in [0.25, 0.3) is 0 Å². The molecule has 2 aliphatic rings. The third kappa shape index (κ3) is 2.05. The summed E-state index contributed by atoms with van der Waals surface area (Å²) < 4.78 is 0. The van der Waals surface area contributed by atoms with Crippen molar-refractivity contribution in [3.8, 4) is 6.07 Å². The predicted molar refractivity (Wildman–Crippen MR) is 58.3 cm³/mol. The molecule has 2 rings (SSSR count). The molecule has 0 bridgehead atoms. The van der Waals surface area contributed by atoms with Crippen LogP contribution in [0.3, 0.4) is 0 Å². The Morgan fingerprint density at radius 3 is 2.69 bits per heavy atom. The molecule has 0 heterocycles. The van der Waals surface area contributed by atoms with Gasteiger partial charge in [0, 0.05) is 18.6 Å². The topological polar surface area (TPSA) is 73.1 Å². The third-order valence-corrected chi connectivity index (χ3v) is 3.86. The predicted octanol–water partition coefficient (Wildman–Crippen LogP) is 0.957. The Morgan fingerprint density at radius 2 is 2.12 bits per heavy atom. The molecule has 0 saturated heterocycles. The van der Waals surface area contributed by atoms with Gasteiger partial charge in [-0.3, -0.25) is 4.79 Å². The molecule has 0 radical (unpaired) electrons. The van der Waals surface area contributed by atoms with Crippen molar-refractivity contribution in [2.45, 2.75) is 44.6 Å². The van der Waals surface area contributed by atoms with Gasteiger partial charge in [0.05, 0.1) is 6.07 Å². The second-order valence-corrected chi connectivity index (χ2v) is 5.00. The van der Waals surface area contributed by atoms with Gasteiger partial charge in [0.15, 0.2) is 0 Å². The molecule has 0 spiro atoms. The summed E-state index contributed by atoms with van der Waals surface area (Å²) in [5.74, 6) is 0.0487. The zero-order valence-corrected chi connectivity index (χ0v) is 9.41. The molecule has 2 saturated carbocycles. The monoisotopic (exact) mass is 222 g/mol. The van der Waals surface area contributed by atoms with Gasteiger partial charge in [-0.15, -0.1) is 0 Å². The van der Waals surface area contributed by atoms with Gasteiger partial charge in [-0.1, -0.05) is 12.8 Å². The SMILES string of the molecule is N#CC1(C(=O)NC2CCCCC2CO)CC1. The van der Waals surface area contributed by atoms with Gasteiger partial charge in [-0.2, -0.15) is 5.26 Å². The Bertz CT molecular complexity index is 317. The van der Waals surface area contributed by atoms with Crippen molar-refractivity contribution in [2.24, 2.45) is 11.3 Å². The largest absolute Gasteiger partial charge is 0.396 e. The van der Waals surface area contributed by atoms with Crippen LogP contribution >= 0.6 is 0 Å². The highest BCUT2D eigenvalue weighted by molar-refractivity contribution is 5.88. The van der Waals surface area contributed by atoms with E-state index in [4.69, 9.17) is 5.26 Å². The molecule has 1 amide bonds. The number of nitrogens with zero attached hydrogens (tertiary/aromatic N) is 1. The van der Waals surface area contributed by atoms with Crippen molar-refractivity contribution in [1.82, 2.24) is 5.32 Å². The van der Waals surface area contributed by atoms with E-state index in [0.29, 0.717) is 12.8 Å². The number of hydrogen-bond acceptors (Lipinski definition) is 3. The third-order valence-electron chi connectivity index (χ3n) is 3.86. The Hall–Kier alpha value is -1.08. The normalized spacial score (nSPS) is 31.5. The van der Waals surface area contributed by atoms with E-state index in [0.717, 1.165) is 25.7 Å². The molecule has 2 aliphatic carbocycles. The van der Waals surface area contributed by atoms with Crippen molar-refractivity contribution in [3.05, 3.63) is 0 Å². The number of amides is 1. The molecule has 2 N–H and O–H groups in total. The van der Waals surface area contributed by atoms with E-state index in [1.807, 2.05) is 0 Å². The van der Waals surface area contributed by atoms with E-state index in [-0.39, 0.29) is 24.5 Å². The molecular weight excluding hydrogens is 204 g/mol. The number of rotatable bonds is 3. The first-order chi connectivity index (χ1) is 7.72. The number of carbonyl (C=O) groups excluding carboxylic acids is 1. The average molecular weight is 222 g/mol. The number of aliphatic hydroxyl groups is 1. The maximum Gasteiger partial charge on any atom is 0.240 e. The van der Waals surface area contributed by atoms with Crippen molar-refractivity contribution in [3.63, 3.8) is 0 Å². The number of aliphatic hydroxyl groups excluding tert-OH is 1. The number of nitriles is 1. The minimum absolute atomic E-state index is 0.0667. The van der Waals surface area contributed by atoms with Crippen LogP contribution in [0.5, 0.6) is 0 Å². The summed E-state index contributed by atoms with van der Waals surface area (Å²) in [7, 11) is 0. The summed E-state index contributed by atoms with van der Waals surface area (Å²) in [4.78, 5) is 11.9. The fourth-order valence-corrected chi connectivity index (χ4v) is 2.44. The second-order valence-electron chi connectivity index (χ2n) is 5.00. The Labute approximate surface area is 95.6 Å². The fraction of sp³-hybridized carbons (Fsp3) is 0.833. The van der Waals surface area contributed by atoms with Crippen LogP contribution in [0.15, 0.2) is 0 Å². The van der Waals surface area contributed by atoms with Crippen molar-refractivity contribution >= 4 is 5.91 Å². The molecule has 2 unspecified atom stereocenters. The molecule has 2 atom stereocenters. The lowest BCUT2D eigenvalue weighted by atomic mass is 9.84. The van der Waals surface area contributed by atoms with E-state index >= 15 is 0 Å². The van der Waals surface area contributed by atoms with E-state index in [2.05, 4.69) is 11.4 Å². The second kappa shape index (κ2) is 4.42. The fourth-order valence-electron chi connectivity index (χ4n) is 2.44. The summed E-state index contributed by atoms with van der Waals surface area (Å²) in [6.07, 6.45) is 5.50. The summed E-state index contributed by atoms with van der Waals surface area (Å²) in [6, 6.07) is 2.17. The van der Waals surface area contributed by atoms with Crippen LogP contribution in [0.1, 0.15) is 38.5 Å². The molecule has 88 valence electrons. The number of nitrogens with one attached hydrogen (secondary N) is 1. The standard InChI is InChI=1S/C12H18N2O2/c13-8-12(5-6-12)11(16)14-10-4-2-1-3-9(10)7-15/h9-10,15H,1-7H2,(H,14,16). The molecule has 0 aromatic heterocycles. The zero-order valence-electron chi connectivity index (χ0n) is 9.41.